The summed E-state index contributed by atoms with van der Waals surface area (Å²) in [5.74, 6) is 3.88. The fourth-order valence-corrected chi connectivity index (χ4v) is 5.38. The largest absolute Gasteiger partial charge is 0.487 e. The molecule has 184 valence electrons. The first-order valence-corrected chi connectivity index (χ1v) is 13.4. The van der Waals surface area contributed by atoms with Gasteiger partial charge in [-0.3, -0.25) is 0 Å². The molecule has 0 fully saturated rings. The summed E-state index contributed by atoms with van der Waals surface area (Å²) in [6, 6.07) is 0. The van der Waals surface area contributed by atoms with E-state index in [0.717, 1.165) is 55.4 Å². The third kappa shape index (κ3) is 7.16. The molecule has 2 heteroatoms. The standard InChI is InChI=1S/C30H52O2/c1-11-18-29(8,9)31-27-23(5)24(6)28-26(25(27)7)17-20-30(10,32-28)19-13-16-22(4)15-12-14-21(2)3/h21-22H,11-20H2,1-10H3. The molecule has 1 aromatic rings. The van der Waals surface area contributed by atoms with Gasteiger partial charge in [0.2, 0.25) is 0 Å². The van der Waals surface area contributed by atoms with Crippen LogP contribution in [0, 0.1) is 32.6 Å². The summed E-state index contributed by atoms with van der Waals surface area (Å²) >= 11 is 0. The molecular formula is C30H52O2. The summed E-state index contributed by atoms with van der Waals surface area (Å²) < 4.78 is 13.4. The molecule has 2 atom stereocenters. The zero-order chi connectivity index (χ0) is 24.1. The molecule has 1 aliphatic heterocycles. The van der Waals surface area contributed by atoms with Gasteiger partial charge in [0.15, 0.2) is 0 Å². The molecule has 2 nitrogen and oxygen atoms in total. The SMILES string of the molecule is CCCC(C)(C)Oc1c(C)c(C)c2c(c1C)CCC(C)(CCCC(C)CCCC(C)C)O2. The highest BCUT2D eigenvalue weighted by molar-refractivity contribution is 5.59. The summed E-state index contributed by atoms with van der Waals surface area (Å²) in [5, 5.41) is 0. The van der Waals surface area contributed by atoms with Gasteiger partial charge in [0.1, 0.15) is 22.7 Å². The highest BCUT2D eigenvalue weighted by Crippen LogP contribution is 2.45. The predicted octanol–water partition coefficient (Wildman–Crippen LogP) is 9.29. The Bertz CT molecular complexity index is 746. The van der Waals surface area contributed by atoms with E-state index >= 15 is 0 Å². The van der Waals surface area contributed by atoms with E-state index in [1.807, 2.05) is 0 Å². The van der Waals surface area contributed by atoms with Crippen LogP contribution in [0.1, 0.15) is 129 Å². The Balaban J connectivity index is 2.06. The lowest BCUT2D eigenvalue weighted by atomic mass is 9.83. The minimum absolute atomic E-state index is 0.0435. The van der Waals surface area contributed by atoms with Crippen LogP contribution in [0.2, 0.25) is 0 Å². The normalized spacial score (nSPS) is 19.6. The first-order valence-electron chi connectivity index (χ1n) is 13.4. The molecule has 0 aliphatic carbocycles. The monoisotopic (exact) mass is 444 g/mol. The van der Waals surface area contributed by atoms with Gasteiger partial charge in [-0.25, -0.2) is 0 Å². The summed E-state index contributed by atoms with van der Waals surface area (Å²) in [4.78, 5) is 0. The molecular weight excluding hydrogens is 392 g/mol. The first-order chi connectivity index (χ1) is 14.9. The Morgan fingerprint density at radius 2 is 1.62 bits per heavy atom. The second kappa shape index (κ2) is 11.3. The van der Waals surface area contributed by atoms with Gasteiger partial charge in [-0.1, -0.05) is 59.8 Å². The van der Waals surface area contributed by atoms with E-state index in [1.54, 1.807) is 0 Å². The number of fused-ring (bicyclic) bond motifs is 1. The number of hydrogen-bond donors (Lipinski definition) is 0. The minimum atomic E-state index is -0.138. The van der Waals surface area contributed by atoms with E-state index < -0.39 is 0 Å². The molecule has 1 aliphatic rings. The van der Waals surface area contributed by atoms with Crippen LogP contribution < -0.4 is 9.47 Å². The molecule has 2 rings (SSSR count). The van der Waals surface area contributed by atoms with Crippen molar-refractivity contribution in [2.24, 2.45) is 11.8 Å². The molecule has 0 bridgehead atoms. The van der Waals surface area contributed by atoms with Crippen LogP contribution in [-0.4, -0.2) is 11.2 Å². The lowest BCUT2D eigenvalue weighted by Gasteiger charge is -2.39. The summed E-state index contributed by atoms with van der Waals surface area (Å²) in [6.07, 6.45) is 12.2. The number of benzene rings is 1. The molecule has 0 spiro atoms. The van der Waals surface area contributed by atoms with Crippen LogP contribution in [-0.2, 0) is 6.42 Å². The lowest BCUT2D eigenvalue weighted by Crippen LogP contribution is -2.37. The lowest BCUT2D eigenvalue weighted by molar-refractivity contribution is 0.0502. The summed E-state index contributed by atoms with van der Waals surface area (Å²) in [6.45, 7) is 22.7. The molecule has 32 heavy (non-hydrogen) atoms. The second-order valence-corrected chi connectivity index (χ2v) is 12.0. The maximum atomic E-state index is 6.78. The van der Waals surface area contributed by atoms with Gasteiger partial charge in [0.25, 0.3) is 0 Å². The number of rotatable bonds is 12. The summed E-state index contributed by atoms with van der Waals surface area (Å²) in [7, 11) is 0. The predicted molar refractivity (Wildman–Crippen MR) is 139 cm³/mol. The first kappa shape index (κ1) is 27.1. The van der Waals surface area contributed by atoms with Gasteiger partial charge < -0.3 is 9.47 Å². The van der Waals surface area contributed by atoms with Crippen molar-refractivity contribution in [2.45, 2.75) is 145 Å². The maximum Gasteiger partial charge on any atom is 0.127 e. The van der Waals surface area contributed by atoms with E-state index in [1.165, 1.54) is 54.4 Å². The molecule has 2 unspecified atom stereocenters. The quantitative estimate of drug-likeness (QED) is 0.320. The molecule has 1 aromatic carbocycles. The van der Waals surface area contributed by atoms with Gasteiger partial charge >= 0.3 is 0 Å². The Hall–Kier alpha value is -1.18. The van der Waals surface area contributed by atoms with Crippen LogP contribution >= 0.6 is 0 Å². The van der Waals surface area contributed by atoms with E-state index in [0.29, 0.717) is 0 Å². The minimum Gasteiger partial charge on any atom is -0.487 e. The zero-order valence-corrected chi connectivity index (χ0v) is 23.0. The Labute approximate surface area is 199 Å². The Morgan fingerprint density at radius 3 is 2.25 bits per heavy atom. The van der Waals surface area contributed by atoms with Crippen molar-refractivity contribution >= 4 is 0 Å². The van der Waals surface area contributed by atoms with Crippen molar-refractivity contribution < 1.29 is 9.47 Å². The fourth-order valence-electron chi connectivity index (χ4n) is 5.38. The van der Waals surface area contributed by atoms with Crippen LogP contribution in [0.4, 0.5) is 0 Å². The van der Waals surface area contributed by atoms with Crippen molar-refractivity contribution in [1.82, 2.24) is 0 Å². The average Bonchev–Trinajstić information content (AvgIpc) is 2.69. The molecule has 1 heterocycles. The molecule has 0 N–H and O–H groups in total. The molecule has 0 amide bonds. The molecule has 0 saturated carbocycles. The Kier molecular flexibility index (Phi) is 9.56. The van der Waals surface area contributed by atoms with Crippen molar-refractivity contribution in [3.63, 3.8) is 0 Å². The fraction of sp³-hybridized carbons (Fsp3) is 0.800. The highest BCUT2D eigenvalue weighted by atomic mass is 16.5. The van der Waals surface area contributed by atoms with Crippen LogP contribution in [0.3, 0.4) is 0 Å². The van der Waals surface area contributed by atoms with E-state index in [4.69, 9.17) is 9.47 Å². The van der Waals surface area contributed by atoms with E-state index in [9.17, 15) is 0 Å². The van der Waals surface area contributed by atoms with Gasteiger partial charge in [-0.2, -0.15) is 0 Å². The van der Waals surface area contributed by atoms with Crippen LogP contribution in [0.5, 0.6) is 11.5 Å². The third-order valence-corrected chi connectivity index (χ3v) is 7.67. The highest BCUT2D eigenvalue weighted by Gasteiger charge is 2.35. The smallest absolute Gasteiger partial charge is 0.127 e. The van der Waals surface area contributed by atoms with Crippen molar-refractivity contribution in [3.8, 4) is 11.5 Å². The third-order valence-electron chi connectivity index (χ3n) is 7.67. The average molecular weight is 445 g/mol. The number of ether oxygens (including phenoxy) is 2. The number of hydrogen-bond acceptors (Lipinski definition) is 2. The van der Waals surface area contributed by atoms with Gasteiger partial charge in [-0.15, -0.1) is 0 Å². The second-order valence-electron chi connectivity index (χ2n) is 12.0. The molecule has 0 aromatic heterocycles. The van der Waals surface area contributed by atoms with Crippen molar-refractivity contribution in [1.29, 1.82) is 0 Å². The molecule has 0 radical (unpaired) electrons. The zero-order valence-electron chi connectivity index (χ0n) is 23.0. The van der Waals surface area contributed by atoms with Crippen molar-refractivity contribution in [3.05, 3.63) is 22.3 Å². The molecule has 0 saturated heterocycles. The summed E-state index contributed by atoms with van der Waals surface area (Å²) in [5.41, 5.74) is 4.98. The van der Waals surface area contributed by atoms with Gasteiger partial charge in [-0.05, 0) is 102 Å². The van der Waals surface area contributed by atoms with Gasteiger partial charge in [0, 0.05) is 5.56 Å². The van der Waals surface area contributed by atoms with Crippen LogP contribution in [0.25, 0.3) is 0 Å². The van der Waals surface area contributed by atoms with E-state index in [-0.39, 0.29) is 11.2 Å². The van der Waals surface area contributed by atoms with Crippen LogP contribution in [0.15, 0.2) is 0 Å². The Morgan fingerprint density at radius 1 is 0.969 bits per heavy atom. The van der Waals surface area contributed by atoms with Gasteiger partial charge in [0.05, 0.1) is 0 Å². The maximum absolute atomic E-state index is 6.78. The van der Waals surface area contributed by atoms with E-state index in [2.05, 4.69) is 69.2 Å². The topological polar surface area (TPSA) is 18.5 Å². The van der Waals surface area contributed by atoms with Crippen molar-refractivity contribution in [2.75, 3.05) is 0 Å².